The van der Waals surface area contributed by atoms with Gasteiger partial charge in [-0.25, -0.2) is 0 Å². The van der Waals surface area contributed by atoms with Gasteiger partial charge in [0.05, 0.1) is 18.8 Å². The molecule has 2 N–H and O–H groups in total. The molecule has 58 valence electrons. The zero-order valence-corrected chi connectivity index (χ0v) is 6.69. The average Bonchev–Trinajstić information content (AvgIpc) is 2.34. The third-order valence-corrected chi connectivity index (χ3v) is 1.70. The van der Waals surface area contributed by atoms with E-state index >= 15 is 0 Å². The SMILES string of the molecule is C#CCn1c(CO)c[nH]c1=S. The third-order valence-electron chi connectivity index (χ3n) is 1.37. The second-order valence-corrected chi connectivity index (χ2v) is 2.42. The highest BCUT2D eigenvalue weighted by molar-refractivity contribution is 7.71. The van der Waals surface area contributed by atoms with Crippen molar-refractivity contribution in [1.29, 1.82) is 0 Å². The van der Waals surface area contributed by atoms with Gasteiger partial charge < -0.3 is 14.7 Å². The number of terminal acetylenes is 1. The van der Waals surface area contributed by atoms with Gasteiger partial charge in [-0.15, -0.1) is 6.42 Å². The molecule has 1 heterocycles. The summed E-state index contributed by atoms with van der Waals surface area (Å²) in [7, 11) is 0. The lowest BCUT2D eigenvalue weighted by molar-refractivity contribution is 0.271. The van der Waals surface area contributed by atoms with Crippen LogP contribution in [0.3, 0.4) is 0 Å². The Kier molecular flexibility index (Phi) is 2.47. The minimum atomic E-state index is -0.0468. The maximum absolute atomic E-state index is 8.80. The molecule has 0 saturated carbocycles. The summed E-state index contributed by atoms with van der Waals surface area (Å²) in [4.78, 5) is 2.80. The number of H-pyrrole nitrogens is 1. The molecule has 0 bridgehead atoms. The maximum atomic E-state index is 8.80. The van der Waals surface area contributed by atoms with Crippen molar-refractivity contribution in [2.45, 2.75) is 13.2 Å². The third kappa shape index (κ3) is 1.50. The molecule has 4 heteroatoms. The first-order valence-corrected chi connectivity index (χ1v) is 3.52. The molecule has 0 aliphatic heterocycles. The highest BCUT2D eigenvalue weighted by Crippen LogP contribution is 2.00. The summed E-state index contributed by atoms with van der Waals surface area (Å²) in [6, 6.07) is 0. The molecule has 0 radical (unpaired) electrons. The van der Waals surface area contributed by atoms with E-state index in [0.29, 0.717) is 17.0 Å². The molecule has 0 unspecified atom stereocenters. The molecule has 0 fully saturated rings. The molecule has 1 rings (SSSR count). The second-order valence-electron chi connectivity index (χ2n) is 2.03. The van der Waals surface area contributed by atoms with Gasteiger partial charge in [-0.1, -0.05) is 5.92 Å². The lowest BCUT2D eigenvalue weighted by Crippen LogP contribution is -2.00. The molecule has 1 aromatic rings. The molecule has 0 aliphatic carbocycles. The first-order valence-electron chi connectivity index (χ1n) is 3.11. The molecule has 0 aliphatic rings. The van der Waals surface area contributed by atoms with E-state index < -0.39 is 0 Å². The number of hydrogen-bond donors (Lipinski definition) is 2. The van der Waals surface area contributed by atoms with Gasteiger partial charge in [0.25, 0.3) is 0 Å². The van der Waals surface area contributed by atoms with Gasteiger partial charge in [0, 0.05) is 6.20 Å². The first kappa shape index (κ1) is 8.05. The average molecular weight is 168 g/mol. The van der Waals surface area contributed by atoms with Crippen molar-refractivity contribution in [3.63, 3.8) is 0 Å². The fourth-order valence-corrected chi connectivity index (χ4v) is 1.07. The van der Waals surface area contributed by atoms with Gasteiger partial charge in [-0.2, -0.15) is 0 Å². The van der Waals surface area contributed by atoms with Crippen molar-refractivity contribution in [2.75, 3.05) is 0 Å². The van der Waals surface area contributed by atoms with Gasteiger partial charge >= 0.3 is 0 Å². The zero-order chi connectivity index (χ0) is 8.27. The zero-order valence-electron chi connectivity index (χ0n) is 5.87. The minimum Gasteiger partial charge on any atom is -0.390 e. The molecule has 0 atom stereocenters. The molecule has 3 nitrogen and oxygen atoms in total. The van der Waals surface area contributed by atoms with Crippen LogP contribution in [-0.4, -0.2) is 14.7 Å². The van der Waals surface area contributed by atoms with Crippen molar-refractivity contribution >= 4 is 12.2 Å². The van der Waals surface area contributed by atoms with E-state index in [1.165, 1.54) is 0 Å². The first-order chi connectivity index (χ1) is 5.29. The molecule has 0 amide bonds. The summed E-state index contributed by atoms with van der Waals surface area (Å²) in [5.41, 5.74) is 0.716. The molecule has 11 heavy (non-hydrogen) atoms. The molecular weight excluding hydrogens is 160 g/mol. The largest absolute Gasteiger partial charge is 0.390 e. The number of rotatable bonds is 2. The van der Waals surface area contributed by atoms with Crippen LogP contribution in [0.4, 0.5) is 0 Å². The molecule has 0 aromatic carbocycles. The molecule has 0 spiro atoms. The van der Waals surface area contributed by atoms with Crippen molar-refractivity contribution < 1.29 is 5.11 Å². The normalized spacial score (nSPS) is 9.45. The Bertz CT molecular complexity index is 331. The van der Waals surface area contributed by atoms with Crippen LogP contribution in [0, 0.1) is 17.1 Å². The summed E-state index contributed by atoms with van der Waals surface area (Å²) in [6.45, 7) is 0.354. The highest BCUT2D eigenvalue weighted by Gasteiger charge is 1.99. The lowest BCUT2D eigenvalue weighted by Gasteiger charge is -1.98. The van der Waals surface area contributed by atoms with Gasteiger partial charge in [-0.05, 0) is 12.2 Å². The number of nitrogens with zero attached hydrogens (tertiary/aromatic N) is 1. The van der Waals surface area contributed by atoms with Crippen LogP contribution >= 0.6 is 12.2 Å². The van der Waals surface area contributed by atoms with E-state index in [9.17, 15) is 0 Å². The van der Waals surface area contributed by atoms with Gasteiger partial charge in [0.15, 0.2) is 4.77 Å². The topological polar surface area (TPSA) is 41.0 Å². The van der Waals surface area contributed by atoms with Crippen molar-refractivity contribution in [2.24, 2.45) is 0 Å². The van der Waals surface area contributed by atoms with E-state index in [1.807, 2.05) is 0 Å². The minimum absolute atomic E-state index is 0.0468. The van der Waals surface area contributed by atoms with E-state index in [0.717, 1.165) is 0 Å². The highest BCUT2D eigenvalue weighted by atomic mass is 32.1. The molecular formula is C7H8N2OS. The summed E-state index contributed by atoms with van der Waals surface area (Å²) in [6.07, 6.45) is 6.75. The summed E-state index contributed by atoms with van der Waals surface area (Å²) in [5, 5.41) is 8.80. The van der Waals surface area contributed by atoms with Crippen LogP contribution in [-0.2, 0) is 13.2 Å². The van der Waals surface area contributed by atoms with Crippen LogP contribution in [0.1, 0.15) is 5.69 Å². The van der Waals surface area contributed by atoms with E-state index in [-0.39, 0.29) is 6.61 Å². The van der Waals surface area contributed by atoms with Crippen molar-refractivity contribution in [1.82, 2.24) is 9.55 Å². The van der Waals surface area contributed by atoms with Crippen LogP contribution in [0.25, 0.3) is 0 Å². The van der Waals surface area contributed by atoms with Gasteiger partial charge in [-0.3, -0.25) is 0 Å². The smallest absolute Gasteiger partial charge is 0.178 e. The Balaban J connectivity index is 3.10. The number of nitrogens with one attached hydrogen (secondary N) is 1. The second kappa shape index (κ2) is 3.37. The molecule has 0 saturated heterocycles. The number of imidazole rings is 1. The summed E-state index contributed by atoms with van der Waals surface area (Å²) >= 11 is 4.91. The quantitative estimate of drug-likeness (QED) is 0.503. The van der Waals surface area contributed by atoms with E-state index in [2.05, 4.69) is 10.9 Å². The molecule has 1 aromatic heterocycles. The van der Waals surface area contributed by atoms with E-state index in [4.69, 9.17) is 23.7 Å². The van der Waals surface area contributed by atoms with Gasteiger partial charge in [0.2, 0.25) is 0 Å². The monoisotopic (exact) mass is 168 g/mol. The Morgan fingerprint density at radius 1 is 1.82 bits per heavy atom. The number of aliphatic hydroxyl groups is 1. The number of aromatic amines is 1. The summed E-state index contributed by atoms with van der Waals surface area (Å²) < 4.78 is 2.22. The van der Waals surface area contributed by atoms with Gasteiger partial charge in [0.1, 0.15) is 0 Å². The van der Waals surface area contributed by atoms with Crippen LogP contribution in [0.5, 0.6) is 0 Å². The Hall–Kier alpha value is -1.05. The van der Waals surface area contributed by atoms with Crippen LogP contribution < -0.4 is 0 Å². The predicted molar refractivity (Wildman–Crippen MR) is 44.4 cm³/mol. The summed E-state index contributed by atoms with van der Waals surface area (Å²) in [5.74, 6) is 2.45. The predicted octanol–water partition coefficient (Wildman–Crippen LogP) is 0.671. The Morgan fingerprint density at radius 3 is 3.09 bits per heavy atom. The fraction of sp³-hybridized carbons (Fsp3) is 0.286. The lowest BCUT2D eigenvalue weighted by atomic mass is 10.5. The van der Waals surface area contributed by atoms with Crippen molar-refractivity contribution in [3.05, 3.63) is 16.7 Å². The van der Waals surface area contributed by atoms with Crippen LogP contribution in [0.15, 0.2) is 6.20 Å². The number of aliphatic hydroxyl groups excluding tert-OH is 1. The Labute approximate surface area is 69.7 Å². The number of hydrogen-bond acceptors (Lipinski definition) is 2. The maximum Gasteiger partial charge on any atom is 0.178 e. The fourth-order valence-electron chi connectivity index (χ4n) is 0.827. The standard InChI is InChI=1S/C7H8N2OS/c1-2-3-9-6(5-10)4-8-7(9)11/h1,4,10H,3,5H2,(H,8,11). The number of aromatic nitrogens is 2. The Morgan fingerprint density at radius 2 is 2.55 bits per heavy atom. The van der Waals surface area contributed by atoms with Crippen LogP contribution in [0.2, 0.25) is 0 Å². The van der Waals surface area contributed by atoms with Crippen molar-refractivity contribution in [3.8, 4) is 12.3 Å². The van der Waals surface area contributed by atoms with E-state index in [1.54, 1.807) is 10.8 Å².